The number of hydrogen-bond donors (Lipinski definition) is 2. The van der Waals surface area contributed by atoms with Crippen LogP contribution in [0.25, 0.3) is 0 Å². The molecular formula is C25H33ClN2O5. The number of nitrogens with zero attached hydrogens (tertiary/aromatic N) is 1. The van der Waals surface area contributed by atoms with E-state index in [2.05, 4.69) is 31.2 Å². The van der Waals surface area contributed by atoms with E-state index in [1.807, 2.05) is 13.0 Å². The fourth-order valence-electron chi connectivity index (χ4n) is 4.42. The number of amides is 1. The van der Waals surface area contributed by atoms with Crippen molar-refractivity contribution >= 4 is 29.2 Å². The minimum Gasteiger partial charge on any atom is -0.480 e. The van der Waals surface area contributed by atoms with Crippen LogP contribution in [0.2, 0.25) is 5.02 Å². The van der Waals surface area contributed by atoms with Crippen molar-refractivity contribution in [2.45, 2.75) is 72.3 Å². The lowest BCUT2D eigenvalue weighted by Gasteiger charge is -2.38. The summed E-state index contributed by atoms with van der Waals surface area (Å²) in [6, 6.07) is 5.46. The first-order chi connectivity index (χ1) is 15.5. The molecule has 1 saturated carbocycles. The van der Waals surface area contributed by atoms with Crippen molar-refractivity contribution in [2.24, 2.45) is 11.3 Å². The molecule has 1 amide bonds. The SMILES string of the molecule is Cc1ccc(NC(=O)CCc2noc([C@H]3C[C@@H](CC(C)(C)C)C3)c2COCC(=O)O)c(Cl)c1. The number of carboxylic acids is 1. The highest BCUT2D eigenvalue weighted by Crippen LogP contribution is 2.48. The van der Waals surface area contributed by atoms with E-state index in [-0.39, 0.29) is 30.3 Å². The zero-order valence-corrected chi connectivity index (χ0v) is 20.5. The number of aromatic nitrogens is 1. The fraction of sp³-hybridized carbons (Fsp3) is 0.560. The molecule has 1 heterocycles. The van der Waals surface area contributed by atoms with Gasteiger partial charge in [-0.05, 0) is 55.2 Å². The van der Waals surface area contributed by atoms with E-state index in [1.54, 1.807) is 12.1 Å². The highest BCUT2D eigenvalue weighted by molar-refractivity contribution is 6.33. The monoisotopic (exact) mass is 476 g/mol. The van der Waals surface area contributed by atoms with Crippen molar-refractivity contribution in [3.63, 3.8) is 0 Å². The molecule has 0 atom stereocenters. The predicted octanol–water partition coefficient (Wildman–Crippen LogP) is 5.74. The van der Waals surface area contributed by atoms with E-state index >= 15 is 0 Å². The Morgan fingerprint density at radius 1 is 1.30 bits per heavy atom. The fourth-order valence-corrected chi connectivity index (χ4v) is 4.70. The van der Waals surface area contributed by atoms with Crippen molar-refractivity contribution in [2.75, 3.05) is 11.9 Å². The van der Waals surface area contributed by atoms with Gasteiger partial charge < -0.3 is 19.7 Å². The van der Waals surface area contributed by atoms with Crippen LogP contribution in [-0.4, -0.2) is 28.7 Å². The molecule has 1 aromatic heterocycles. The maximum absolute atomic E-state index is 12.5. The number of aliphatic carboxylic acids is 1. The number of nitrogens with one attached hydrogen (secondary N) is 1. The quantitative estimate of drug-likeness (QED) is 0.453. The zero-order valence-electron chi connectivity index (χ0n) is 19.7. The third-order valence-corrected chi connectivity index (χ3v) is 6.18. The second kappa shape index (κ2) is 10.7. The first-order valence-corrected chi connectivity index (χ1v) is 11.7. The number of carboxylic acid groups (broad SMARTS) is 1. The van der Waals surface area contributed by atoms with Gasteiger partial charge in [0.2, 0.25) is 5.91 Å². The molecule has 0 radical (unpaired) electrons. The van der Waals surface area contributed by atoms with Crippen molar-refractivity contribution in [3.05, 3.63) is 45.8 Å². The number of anilines is 1. The van der Waals surface area contributed by atoms with Gasteiger partial charge in [-0.2, -0.15) is 0 Å². The number of ether oxygens (including phenoxy) is 1. The van der Waals surface area contributed by atoms with Crippen molar-refractivity contribution < 1.29 is 24.0 Å². The Bertz CT molecular complexity index is 989. The number of hydrogen-bond acceptors (Lipinski definition) is 5. The van der Waals surface area contributed by atoms with Gasteiger partial charge in [-0.1, -0.05) is 43.6 Å². The maximum atomic E-state index is 12.5. The second-order valence-electron chi connectivity index (χ2n) is 10.2. The van der Waals surface area contributed by atoms with E-state index in [1.165, 1.54) is 0 Å². The lowest BCUT2D eigenvalue weighted by molar-refractivity contribution is -0.142. The molecule has 0 saturated heterocycles. The highest BCUT2D eigenvalue weighted by Gasteiger charge is 2.37. The molecular weight excluding hydrogens is 444 g/mol. The van der Waals surface area contributed by atoms with E-state index in [0.29, 0.717) is 28.7 Å². The normalized spacial score (nSPS) is 18.1. The molecule has 1 fully saturated rings. The van der Waals surface area contributed by atoms with Gasteiger partial charge in [0.15, 0.2) is 0 Å². The first-order valence-electron chi connectivity index (χ1n) is 11.3. The summed E-state index contributed by atoms with van der Waals surface area (Å²) >= 11 is 6.20. The van der Waals surface area contributed by atoms with Gasteiger partial charge in [-0.3, -0.25) is 4.79 Å². The molecule has 8 heteroatoms. The van der Waals surface area contributed by atoms with Crippen LogP contribution in [0.3, 0.4) is 0 Å². The minimum atomic E-state index is -1.03. The molecule has 1 aliphatic rings. The van der Waals surface area contributed by atoms with Crippen LogP contribution in [0.4, 0.5) is 5.69 Å². The first kappa shape index (κ1) is 25.2. The standard InChI is InChI=1S/C25H33ClN2O5/c1-15-5-6-21(19(26)9-15)27-22(29)8-7-20-18(13-32-14-23(30)31)24(33-28-20)17-10-16(11-17)12-25(2,3)4/h5-6,9,16-17H,7-8,10-14H2,1-4H3,(H,27,29)(H,30,31)/t16-,17+. The Labute approximate surface area is 199 Å². The minimum absolute atomic E-state index is 0.103. The van der Waals surface area contributed by atoms with Crippen molar-refractivity contribution in [1.82, 2.24) is 5.16 Å². The molecule has 2 aromatic rings. The van der Waals surface area contributed by atoms with Crippen LogP contribution in [-0.2, 0) is 27.4 Å². The largest absolute Gasteiger partial charge is 0.480 e. The Kier molecular flexibility index (Phi) is 8.19. The third kappa shape index (κ3) is 7.30. The highest BCUT2D eigenvalue weighted by atomic mass is 35.5. The molecule has 33 heavy (non-hydrogen) atoms. The summed E-state index contributed by atoms with van der Waals surface area (Å²) in [7, 11) is 0. The van der Waals surface area contributed by atoms with Crippen LogP contribution in [0.1, 0.15) is 75.0 Å². The number of halogens is 1. The van der Waals surface area contributed by atoms with Crippen LogP contribution < -0.4 is 5.32 Å². The molecule has 1 aliphatic carbocycles. The van der Waals surface area contributed by atoms with E-state index in [0.717, 1.165) is 36.1 Å². The van der Waals surface area contributed by atoms with Gasteiger partial charge in [0.05, 0.1) is 23.0 Å². The van der Waals surface area contributed by atoms with Gasteiger partial charge >= 0.3 is 5.97 Å². The van der Waals surface area contributed by atoms with Crippen molar-refractivity contribution in [3.8, 4) is 0 Å². The Morgan fingerprint density at radius 3 is 2.67 bits per heavy atom. The lowest BCUT2D eigenvalue weighted by Crippen LogP contribution is -2.26. The number of benzene rings is 1. The third-order valence-electron chi connectivity index (χ3n) is 5.87. The molecule has 3 rings (SSSR count). The molecule has 2 N–H and O–H groups in total. The molecule has 180 valence electrons. The molecule has 0 aliphatic heterocycles. The molecule has 1 aromatic carbocycles. The van der Waals surface area contributed by atoms with Gasteiger partial charge in [-0.25, -0.2) is 4.79 Å². The van der Waals surface area contributed by atoms with Gasteiger partial charge in [0, 0.05) is 24.3 Å². The number of rotatable bonds is 10. The maximum Gasteiger partial charge on any atom is 0.329 e. The lowest BCUT2D eigenvalue weighted by atomic mass is 9.67. The molecule has 7 nitrogen and oxygen atoms in total. The average Bonchev–Trinajstić information content (AvgIpc) is 3.06. The zero-order chi connectivity index (χ0) is 24.2. The summed E-state index contributed by atoms with van der Waals surface area (Å²) in [4.78, 5) is 23.4. The number of carbonyl (C=O) groups is 2. The number of carbonyl (C=O) groups excluding carboxylic acids is 1. The summed E-state index contributed by atoms with van der Waals surface area (Å²) in [5, 5.41) is 16.5. The Morgan fingerprint density at radius 2 is 2.03 bits per heavy atom. The summed E-state index contributed by atoms with van der Waals surface area (Å²) in [6.45, 7) is 8.37. The Hall–Kier alpha value is -2.38. The van der Waals surface area contributed by atoms with Crippen LogP contribution in [0.15, 0.2) is 22.7 Å². The molecule has 0 spiro atoms. The topological polar surface area (TPSA) is 102 Å². The molecule has 0 bridgehead atoms. The number of aryl methyl sites for hydroxylation is 2. The Balaban J connectivity index is 1.64. The molecule has 0 unspecified atom stereocenters. The van der Waals surface area contributed by atoms with Crippen LogP contribution in [0.5, 0.6) is 0 Å². The predicted molar refractivity (Wildman–Crippen MR) is 126 cm³/mol. The van der Waals surface area contributed by atoms with Crippen LogP contribution in [0, 0.1) is 18.3 Å². The van der Waals surface area contributed by atoms with E-state index in [4.69, 9.17) is 26.0 Å². The van der Waals surface area contributed by atoms with E-state index < -0.39 is 12.6 Å². The van der Waals surface area contributed by atoms with Crippen LogP contribution >= 0.6 is 11.6 Å². The summed E-state index contributed by atoms with van der Waals surface area (Å²) in [6.07, 6.45) is 3.74. The smallest absolute Gasteiger partial charge is 0.329 e. The van der Waals surface area contributed by atoms with Gasteiger partial charge in [0.25, 0.3) is 0 Å². The van der Waals surface area contributed by atoms with Gasteiger partial charge in [0.1, 0.15) is 12.4 Å². The average molecular weight is 477 g/mol. The van der Waals surface area contributed by atoms with Crippen molar-refractivity contribution in [1.29, 1.82) is 0 Å². The van der Waals surface area contributed by atoms with E-state index in [9.17, 15) is 9.59 Å². The summed E-state index contributed by atoms with van der Waals surface area (Å²) < 4.78 is 11.0. The van der Waals surface area contributed by atoms with Gasteiger partial charge in [-0.15, -0.1) is 0 Å². The second-order valence-corrected chi connectivity index (χ2v) is 10.6. The summed E-state index contributed by atoms with van der Waals surface area (Å²) in [5.74, 6) is 0.445. The summed E-state index contributed by atoms with van der Waals surface area (Å²) in [5.41, 5.74) is 3.28.